The van der Waals surface area contributed by atoms with Crippen LogP contribution >= 0.6 is 11.6 Å². The number of methoxy groups -OCH3 is 1. The quantitative estimate of drug-likeness (QED) is 0.478. The number of hydrogen-bond donors (Lipinski definition) is 2. The summed E-state index contributed by atoms with van der Waals surface area (Å²) < 4.78 is 25.3. The van der Waals surface area contributed by atoms with E-state index in [1.54, 1.807) is 4.68 Å². The summed E-state index contributed by atoms with van der Waals surface area (Å²) in [5, 5.41) is 6.95. The number of carbonyl (C=O) groups excluding carboxylic acids is 2. The van der Waals surface area contributed by atoms with E-state index in [-0.39, 0.29) is 25.3 Å². The first-order chi connectivity index (χ1) is 13.4. The molecule has 0 fully saturated rings. The normalized spacial score (nSPS) is 11.9. The summed E-state index contributed by atoms with van der Waals surface area (Å²) in [5.41, 5.74) is 6.68. The zero-order valence-corrected chi connectivity index (χ0v) is 16.3. The Morgan fingerprint density at radius 2 is 2.11 bits per heavy atom. The summed E-state index contributed by atoms with van der Waals surface area (Å²) in [6.07, 6.45) is 1.46. The highest BCUT2D eigenvalue weighted by atomic mass is 35.5. The van der Waals surface area contributed by atoms with Gasteiger partial charge in [0.05, 0.1) is 23.5 Å². The minimum atomic E-state index is -1.05. The van der Waals surface area contributed by atoms with Gasteiger partial charge in [-0.1, -0.05) is 11.6 Å². The third kappa shape index (κ3) is 5.51. The van der Waals surface area contributed by atoms with Gasteiger partial charge in [0.25, 0.3) is 5.91 Å². The van der Waals surface area contributed by atoms with Crippen molar-refractivity contribution in [1.29, 1.82) is 0 Å². The maximum Gasteiger partial charge on any atom is 0.324 e. The van der Waals surface area contributed by atoms with E-state index >= 15 is 0 Å². The first kappa shape index (κ1) is 21.8. The van der Waals surface area contributed by atoms with Crippen molar-refractivity contribution in [2.75, 3.05) is 26.9 Å². The van der Waals surface area contributed by atoms with Crippen LogP contribution in [0.15, 0.2) is 24.4 Å². The second kappa shape index (κ2) is 10.2. The molecule has 2 aromatic rings. The standard InChI is InChI=1S/C18H22ClFN4O4/c1-3-24-16(14(19)9-23-24)11-6-12(8-13(20)7-11)17(25)22-10-15(21)18(26)28-5-4-27-2/h6-9,15H,3-5,10,21H2,1-2H3,(H,22,25). The fourth-order valence-electron chi connectivity index (χ4n) is 2.47. The number of hydrogen-bond acceptors (Lipinski definition) is 6. The summed E-state index contributed by atoms with van der Waals surface area (Å²) in [7, 11) is 1.47. The van der Waals surface area contributed by atoms with Gasteiger partial charge in [0.15, 0.2) is 0 Å². The number of carbonyl (C=O) groups is 2. The molecule has 1 unspecified atom stereocenters. The molecule has 10 heteroatoms. The van der Waals surface area contributed by atoms with Gasteiger partial charge in [-0.25, -0.2) is 4.39 Å². The monoisotopic (exact) mass is 412 g/mol. The molecular weight excluding hydrogens is 391 g/mol. The second-order valence-corrected chi connectivity index (χ2v) is 6.27. The van der Waals surface area contributed by atoms with Gasteiger partial charge >= 0.3 is 5.97 Å². The molecule has 2 rings (SSSR count). The molecule has 0 spiro atoms. The van der Waals surface area contributed by atoms with Crippen molar-refractivity contribution in [3.05, 3.63) is 40.8 Å². The van der Waals surface area contributed by atoms with Crippen LogP contribution in [0.2, 0.25) is 5.02 Å². The lowest BCUT2D eigenvalue weighted by Crippen LogP contribution is -2.43. The van der Waals surface area contributed by atoms with Crippen LogP contribution in [0.4, 0.5) is 4.39 Å². The van der Waals surface area contributed by atoms with Crippen molar-refractivity contribution >= 4 is 23.5 Å². The predicted molar refractivity (Wildman–Crippen MR) is 101 cm³/mol. The van der Waals surface area contributed by atoms with E-state index in [9.17, 15) is 14.0 Å². The summed E-state index contributed by atoms with van der Waals surface area (Å²) in [4.78, 5) is 24.1. The summed E-state index contributed by atoms with van der Waals surface area (Å²) in [6.45, 7) is 2.54. The first-order valence-corrected chi connectivity index (χ1v) is 8.96. The zero-order valence-electron chi connectivity index (χ0n) is 15.6. The summed E-state index contributed by atoms with van der Waals surface area (Å²) in [6, 6.07) is 2.80. The van der Waals surface area contributed by atoms with E-state index in [1.807, 2.05) is 6.92 Å². The molecule has 1 aromatic heterocycles. The molecule has 3 N–H and O–H groups in total. The maximum atomic E-state index is 14.1. The van der Waals surface area contributed by atoms with Crippen molar-refractivity contribution in [2.45, 2.75) is 19.5 Å². The molecule has 0 aliphatic heterocycles. The summed E-state index contributed by atoms with van der Waals surface area (Å²) in [5.74, 6) is -1.86. The highest BCUT2D eigenvalue weighted by molar-refractivity contribution is 6.33. The van der Waals surface area contributed by atoms with Crippen LogP contribution in [-0.2, 0) is 20.8 Å². The minimum Gasteiger partial charge on any atom is -0.462 e. The Morgan fingerprint density at radius 1 is 1.36 bits per heavy atom. The second-order valence-electron chi connectivity index (χ2n) is 5.86. The van der Waals surface area contributed by atoms with E-state index in [0.29, 0.717) is 22.8 Å². The van der Waals surface area contributed by atoms with E-state index < -0.39 is 23.7 Å². The first-order valence-electron chi connectivity index (χ1n) is 8.59. The molecule has 0 aliphatic carbocycles. The highest BCUT2D eigenvalue weighted by Gasteiger charge is 2.18. The Bertz CT molecular complexity index is 843. The van der Waals surface area contributed by atoms with Gasteiger partial charge in [0.1, 0.15) is 18.5 Å². The van der Waals surface area contributed by atoms with Gasteiger partial charge in [0.2, 0.25) is 0 Å². The lowest BCUT2D eigenvalue weighted by atomic mass is 10.1. The maximum absolute atomic E-state index is 14.1. The van der Waals surface area contributed by atoms with Crippen molar-refractivity contribution < 1.29 is 23.5 Å². The van der Waals surface area contributed by atoms with Gasteiger partial charge in [-0.3, -0.25) is 14.3 Å². The Hall–Kier alpha value is -2.49. The number of nitrogens with zero attached hydrogens (tertiary/aromatic N) is 2. The van der Waals surface area contributed by atoms with E-state index in [2.05, 4.69) is 10.4 Å². The fourth-order valence-corrected chi connectivity index (χ4v) is 2.72. The molecule has 0 aliphatic rings. The molecular formula is C18H22ClFN4O4. The van der Waals surface area contributed by atoms with Crippen LogP contribution in [0, 0.1) is 5.82 Å². The molecule has 0 saturated heterocycles. The van der Waals surface area contributed by atoms with Crippen LogP contribution in [-0.4, -0.2) is 54.6 Å². The van der Waals surface area contributed by atoms with Crippen LogP contribution in [0.5, 0.6) is 0 Å². The molecule has 1 atom stereocenters. The van der Waals surface area contributed by atoms with Gasteiger partial charge in [-0.2, -0.15) is 5.10 Å². The minimum absolute atomic E-state index is 0.0647. The SMILES string of the molecule is CCn1ncc(Cl)c1-c1cc(F)cc(C(=O)NCC(N)C(=O)OCCOC)c1. The molecule has 1 heterocycles. The third-order valence-electron chi connectivity index (χ3n) is 3.84. The number of esters is 1. The Labute approximate surface area is 166 Å². The molecule has 0 bridgehead atoms. The van der Waals surface area contributed by atoms with Crippen molar-refractivity contribution in [3.8, 4) is 11.3 Å². The molecule has 8 nitrogen and oxygen atoms in total. The lowest BCUT2D eigenvalue weighted by molar-refractivity contribution is -0.146. The van der Waals surface area contributed by atoms with Crippen LogP contribution < -0.4 is 11.1 Å². The van der Waals surface area contributed by atoms with E-state index in [0.717, 1.165) is 6.07 Å². The van der Waals surface area contributed by atoms with Crippen molar-refractivity contribution in [1.82, 2.24) is 15.1 Å². The van der Waals surface area contributed by atoms with Gasteiger partial charge < -0.3 is 20.5 Å². The molecule has 1 aromatic carbocycles. The van der Waals surface area contributed by atoms with Gasteiger partial charge in [0, 0.05) is 31.3 Å². The largest absolute Gasteiger partial charge is 0.462 e. The third-order valence-corrected chi connectivity index (χ3v) is 4.12. The molecule has 28 heavy (non-hydrogen) atoms. The number of benzene rings is 1. The van der Waals surface area contributed by atoms with Gasteiger partial charge in [-0.15, -0.1) is 0 Å². The average Bonchev–Trinajstić information content (AvgIpc) is 3.05. The molecule has 152 valence electrons. The van der Waals surface area contributed by atoms with Crippen LogP contribution in [0.1, 0.15) is 17.3 Å². The Kier molecular flexibility index (Phi) is 7.91. The van der Waals surface area contributed by atoms with E-state index in [4.69, 9.17) is 26.8 Å². The molecule has 0 saturated carbocycles. The highest BCUT2D eigenvalue weighted by Crippen LogP contribution is 2.29. The fraction of sp³-hybridized carbons (Fsp3) is 0.389. The number of aromatic nitrogens is 2. The van der Waals surface area contributed by atoms with Crippen LogP contribution in [0.3, 0.4) is 0 Å². The summed E-state index contributed by atoms with van der Waals surface area (Å²) >= 11 is 6.15. The number of halogens is 2. The number of aryl methyl sites for hydroxylation is 1. The van der Waals surface area contributed by atoms with E-state index in [1.165, 1.54) is 25.4 Å². The van der Waals surface area contributed by atoms with Crippen LogP contribution in [0.25, 0.3) is 11.3 Å². The Morgan fingerprint density at radius 3 is 2.79 bits per heavy atom. The smallest absolute Gasteiger partial charge is 0.324 e. The van der Waals surface area contributed by atoms with Gasteiger partial charge in [-0.05, 0) is 25.1 Å². The lowest BCUT2D eigenvalue weighted by Gasteiger charge is -2.13. The van der Waals surface area contributed by atoms with Crippen molar-refractivity contribution in [2.24, 2.45) is 5.73 Å². The zero-order chi connectivity index (χ0) is 20.7. The number of rotatable bonds is 9. The molecule has 1 amide bonds. The predicted octanol–water partition coefficient (Wildman–Crippen LogP) is 1.61. The topological polar surface area (TPSA) is 108 Å². The number of ether oxygens (including phenoxy) is 2. The number of amides is 1. The molecule has 0 radical (unpaired) electrons. The number of nitrogens with two attached hydrogens (primary N) is 1. The Balaban J connectivity index is 2.09. The van der Waals surface area contributed by atoms with Crippen molar-refractivity contribution in [3.63, 3.8) is 0 Å². The average molecular weight is 413 g/mol. The number of nitrogens with one attached hydrogen (secondary N) is 1.